The number of rotatable bonds is 5. The molecule has 3 rings (SSSR count). The molecule has 0 bridgehead atoms. The first-order valence-corrected chi connectivity index (χ1v) is 9.38. The lowest BCUT2D eigenvalue weighted by molar-refractivity contribution is -0.387. The Morgan fingerprint density at radius 1 is 1.38 bits per heavy atom. The summed E-state index contributed by atoms with van der Waals surface area (Å²) in [6, 6.07) is 4.68. The van der Waals surface area contributed by atoms with Crippen molar-refractivity contribution in [1.82, 2.24) is 20.1 Å². The normalized spacial score (nSPS) is 19.9. The second kappa shape index (κ2) is 7.86. The van der Waals surface area contributed by atoms with Gasteiger partial charge in [-0.3, -0.25) is 14.9 Å². The second-order valence-electron chi connectivity index (χ2n) is 6.61. The van der Waals surface area contributed by atoms with Crippen molar-refractivity contribution in [2.75, 3.05) is 0 Å². The summed E-state index contributed by atoms with van der Waals surface area (Å²) in [4.78, 5) is 24.0. The first-order chi connectivity index (χ1) is 12.5. The zero-order valence-electron chi connectivity index (χ0n) is 14.7. The molecule has 1 fully saturated rings. The van der Waals surface area contributed by atoms with Gasteiger partial charge in [-0.05, 0) is 42.7 Å². The summed E-state index contributed by atoms with van der Waals surface area (Å²) in [5.74, 6) is 0.162. The van der Waals surface area contributed by atoms with Crippen molar-refractivity contribution in [1.29, 1.82) is 0 Å². The Kier molecular flexibility index (Phi) is 5.55. The molecular formula is C17H21N5O3S. The Morgan fingerprint density at radius 3 is 2.81 bits per heavy atom. The molecule has 0 saturated heterocycles. The monoisotopic (exact) mass is 375 g/mol. The SMILES string of the molecule is C[C@H]1CCCC[C@@H]1NC(=O)c1ccc(Sc2nncn2C)c([N+](=O)[O-])c1. The van der Waals surface area contributed by atoms with Crippen LogP contribution in [-0.2, 0) is 7.05 Å². The Hall–Kier alpha value is -2.42. The van der Waals surface area contributed by atoms with Gasteiger partial charge in [0.05, 0.1) is 9.82 Å². The quantitative estimate of drug-likeness (QED) is 0.636. The van der Waals surface area contributed by atoms with E-state index in [0.29, 0.717) is 21.5 Å². The number of hydrogen-bond acceptors (Lipinski definition) is 6. The van der Waals surface area contributed by atoms with E-state index < -0.39 is 4.92 Å². The minimum Gasteiger partial charge on any atom is -0.349 e. The van der Waals surface area contributed by atoms with Crippen LogP contribution < -0.4 is 5.32 Å². The minimum atomic E-state index is -0.473. The van der Waals surface area contributed by atoms with Gasteiger partial charge in [0.1, 0.15) is 6.33 Å². The molecule has 0 spiro atoms. The van der Waals surface area contributed by atoms with E-state index in [-0.39, 0.29) is 17.6 Å². The third kappa shape index (κ3) is 4.04. The number of benzene rings is 1. The maximum atomic E-state index is 12.5. The second-order valence-corrected chi connectivity index (χ2v) is 7.62. The van der Waals surface area contributed by atoms with E-state index in [9.17, 15) is 14.9 Å². The number of aryl methyl sites for hydroxylation is 1. The van der Waals surface area contributed by atoms with Crippen LogP contribution in [0.15, 0.2) is 34.6 Å². The fourth-order valence-electron chi connectivity index (χ4n) is 3.13. The Morgan fingerprint density at radius 2 is 2.15 bits per heavy atom. The smallest absolute Gasteiger partial charge is 0.284 e. The van der Waals surface area contributed by atoms with Crippen LogP contribution >= 0.6 is 11.8 Å². The highest BCUT2D eigenvalue weighted by atomic mass is 32.2. The molecule has 1 amide bonds. The van der Waals surface area contributed by atoms with Crippen LogP contribution in [0.5, 0.6) is 0 Å². The number of nitro groups is 1. The summed E-state index contributed by atoms with van der Waals surface area (Å²) in [6.07, 6.45) is 5.87. The number of nitrogens with zero attached hydrogens (tertiary/aromatic N) is 4. The van der Waals surface area contributed by atoms with Crippen molar-refractivity contribution in [3.05, 3.63) is 40.2 Å². The zero-order chi connectivity index (χ0) is 18.7. The molecule has 26 heavy (non-hydrogen) atoms. The van der Waals surface area contributed by atoms with E-state index in [1.54, 1.807) is 23.7 Å². The number of amides is 1. The topological polar surface area (TPSA) is 103 Å². The fraction of sp³-hybridized carbons (Fsp3) is 0.471. The predicted octanol–water partition coefficient (Wildman–Crippen LogP) is 3.18. The number of hydrogen-bond donors (Lipinski definition) is 1. The molecule has 138 valence electrons. The first-order valence-electron chi connectivity index (χ1n) is 8.57. The zero-order valence-corrected chi connectivity index (χ0v) is 15.5. The molecule has 1 aliphatic rings. The van der Waals surface area contributed by atoms with Crippen molar-refractivity contribution >= 4 is 23.4 Å². The van der Waals surface area contributed by atoms with Gasteiger partial charge in [-0.1, -0.05) is 19.8 Å². The van der Waals surface area contributed by atoms with E-state index >= 15 is 0 Å². The van der Waals surface area contributed by atoms with Crippen LogP contribution in [0.3, 0.4) is 0 Å². The van der Waals surface area contributed by atoms with Crippen molar-refractivity contribution < 1.29 is 9.72 Å². The van der Waals surface area contributed by atoms with Crippen LogP contribution in [0.1, 0.15) is 43.0 Å². The summed E-state index contributed by atoms with van der Waals surface area (Å²) >= 11 is 1.15. The molecule has 1 aromatic heterocycles. The molecule has 1 saturated carbocycles. The molecule has 1 aliphatic carbocycles. The number of carbonyl (C=O) groups excluding carboxylic acids is 1. The van der Waals surface area contributed by atoms with Gasteiger partial charge in [-0.15, -0.1) is 10.2 Å². The van der Waals surface area contributed by atoms with Gasteiger partial charge in [0.2, 0.25) is 0 Å². The van der Waals surface area contributed by atoms with Gasteiger partial charge in [-0.2, -0.15) is 0 Å². The van der Waals surface area contributed by atoms with Crippen LogP contribution in [0, 0.1) is 16.0 Å². The third-order valence-corrected chi connectivity index (χ3v) is 5.83. The maximum absolute atomic E-state index is 12.5. The average Bonchev–Trinajstić information content (AvgIpc) is 3.02. The highest BCUT2D eigenvalue weighted by Gasteiger charge is 2.25. The minimum absolute atomic E-state index is 0.109. The molecule has 0 radical (unpaired) electrons. The highest BCUT2D eigenvalue weighted by molar-refractivity contribution is 7.99. The molecule has 9 heteroatoms. The van der Waals surface area contributed by atoms with E-state index in [1.807, 2.05) is 0 Å². The summed E-state index contributed by atoms with van der Waals surface area (Å²) in [5.41, 5.74) is 0.194. The van der Waals surface area contributed by atoms with Crippen LogP contribution in [0.2, 0.25) is 0 Å². The summed E-state index contributed by atoms with van der Waals surface area (Å²) in [6.45, 7) is 2.13. The lowest BCUT2D eigenvalue weighted by atomic mass is 9.86. The molecule has 8 nitrogen and oxygen atoms in total. The summed E-state index contributed by atoms with van der Waals surface area (Å²) in [5, 5.41) is 22.7. The lowest BCUT2D eigenvalue weighted by Gasteiger charge is -2.29. The standard InChI is InChI=1S/C17H21N5O3S/c1-11-5-3-4-6-13(11)19-16(23)12-7-8-15(14(9-12)22(24)25)26-17-20-18-10-21(17)2/h7-11,13H,3-6H2,1-2H3,(H,19,23)/t11-,13-/m0/s1. The van der Waals surface area contributed by atoms with Crippen LogP contribution in [-0.4, -0.2) is 31.6 Å². The van der Waals surface area contributed by atoms with Gasteiger partial charge in [0.25, 0.3) is 11.6 Å². The van der Waals surface area contributed by atoms with Gasteiger partial charge >= 0.3 is 0 Å². The number of nitro benzene ring substituents is 1. The molecule has 0 aliphatic heterocycles. The molecule has 1 N–H and O–H groups in total. The Bertz CT molecular complexity index is 822. The van der Waals surface area contributed by atoms with E-state index in [0.717, 1.165) is 31.0 Å². The van der Waals surface area contributed by atoms with Gasteiger partial charge in [0.15, 0.2) is 5.16 Å². The van der Waals surface area contributed by atoms with Crippen LogP contribution in [0.25, 0.3) is 0 Å². The maximum Gasteiger partial charge on any atom is 0.284 e. The largest absolute Gasteiger partial charge is 0.349 e. The number of nitrogens with one attached hydrogen (secondary N) is 1. The van der Waals surface area contributed by atoms with Crippen LogP contribution in [0.4, 0.5) is 5.69 Å². The molecule has 1 heterocycles. The molecule has 0 unspecified atom stereocenters. The molecule has 2 aromatic rings. The molecule has 2 atom stereocenters. The van der Waals surface area contributed by atoms with Gasteiger partial charge in [0, 0.05) is 24.7 Å². The Labute approximate surface area is 155 Å². The van der Waals surface area contributed by atoms with Crippen molar-refractivity contribution in [2.24, 2.45) is 13.0 Å². The van der Waals surface area contributed by atoms with Crippen molar-refractivity contribution in [2.45, 2.75) is 48.7 Å². The first kappa shape index (κ1) is 18.4. The van der Waals surface area contributed by atoms with E-state index in [4.69, 9.17) is 0 Å². The third-order valence-electron chi connectivity index (χ3n) is 4.72. The van der Waals surface area contributed by atoms with Gasteiger partial charge < -0.3 is 9.88 Å². The lowest BCUT2D eigenvalue weighted by Crippen LogP contribution is -2.41. The fourth-order valence-corrected chi connectivity index (χ4v) is 3.98. The van der Waals surface area contributed by atoms with Crippen molar-refractivity contribution in [3.63, 3.8) is 0 Å². The predicted molar refractivity (Wildman–Crippen MR) is 97.1 cm³/mol. The molecular weight excluding hydrogens is 354 g/mol. The molecule has 1 aromatic carbocycles. The number of aromatic nitrogens is 3. The van der Waals surface area contributed by atoms with E-state index in [2.05, 4.69) is 22.4 Å². The number of carbonyl (C=O) groups is 1. The summed E-state index contributed by atoms with van der Waals surface area (Å²) < 4.78 is 1.68. The van der Waals surface area contributed by atoms with Crippen molar-refractivity contribution in [3.8, 4) is 0 Å². The highest BCUT2D eigenvalue weighted by Crippen LogP contribution is 2.34. The summed E-state index contributed by atoms with van der Waals surface area (Å²) in [7, 11) is 1.77. The van der Waals surface area contributed by atoms with E-state index in [1.165, 1.54) is 18.8 Å². The van der Waals surface area contributed by atoms with Gasteiger partial charge in [-0.25, -0.2) is 0 Å². The average molecular weight is 375 g/mol. The Balaban J connectivity index is 1.80.